The van der Waals surface area contributed by atoms with Crippen molar-refractivity contribution in [2.75, 3.05) is 40.0 Å². The van der Waals surface area contributed by atoms with E-state index in [2.05, 4.69) is 15.4 Å². The van der Waals surface area contributed by atoms with Gasteiger partial charge in [0.25, 0.3) is 0 Å². The first-order valence-electron chi connectivity index (χ1n) is 13.2. The molecule has 0 aliphatic carbocycles. The maximum Gasteiger partial charge on any atom is 0.240 e. The van der Waals surface area contributed by atoms with Crippen LogP contribution in [0.5, 0.6) is 5.75 Å². The number of carbonyl (C=O) groups excluding carboxylic acids is 1. The zero-order valence-corrected chi connectivity index (χ0v) is 23.2. The van der Waals surface area contributed by atoms with Gasteiger partial charge in [0.2, 0.25) is 15.9 Å². The molecule has 1 unspecified atom stereocenters. The second kappa shape index (κ2) is 13.7. The Kier molecular flexibility index (Phi) is 10.1. The van der Waals surface area contributed by atoms with Crippen molar-refractivity contribution in [2.24, 2.45) is 5.92 Å². The van der Waals surface area contributed by atoms with Gasteiger partial charge in [-0.2, -0.15) is 0 Å². The maximum atomic E-state index is 13.3. The van der Waals surface area contributed by atoms with E-state index in [1.54, 1.807) is 31.4 Å². The average Bonchev–Trinajstić information content (AvgIpc) is 2.94. The van der Waals surface area contributed by atoms with Crippen LogP contribution in [0.25, 0.3) is 0 Å². The Balaban J connectivity index is 1.43. The number of ether oxygens (including phenoxy) is 2. The van der Waals surface area contributed by atoms with Crippen molar-refractivity contribution >= 4 is 15.9 Å². The molecule has 1 fully saturated rings. The lowest BCUT2D eigenvalue weighted by Gasteiger charge is -2.30. The van der Waals surface area contributed by atoms with Crippen LogP contribution in [0.3, 0.4) is 0 Å². The predicted molar refractivity (Wildman–Crippen MR) is 151 cm³/mol. The van der Waals surface area contributed by atoms with Crippen LogP contribution in [-0.2, 0) is 19.6 Å². The van der Waals surface area contributed by atoms with Gasteiger partial charge in [-0.1, -0.05) is 66.2 Å². The van der Waals surface area contributed by atoms with Crippen molar-refractivity contribution in [2.45, 2.75) is 30.2 Å². The molecule has 0 aromatic heterocycles. The standard InChI is InChI=1S/C30H37N3O5S/c1-22-12-14-26(15-13-22)39(35,36)33-25-18-24(19-31-20-25)30(34)32-21-28(23-8-4-3-5-9-23)27-10-6-7-11-29(27)38-17-16-37-2/h3-15,24-25,28,31,33H,16-21H2,1-2H3,(H,32,34)/t24-,25-,28?/m0/s1. The third kappa shape index (κ3) is 7.89. The third-order valence-electron chi connectivity index (χ3n) is 6.90. The number of benzene rings is 3. The van der Waals surface area contributed by atoms with Crippen LogP contribution in [0, 0.1) is 12.8 Å². The minimum atomic E-state index is -3.68. The van der Waals surface area contributed by atoms with E-state index in [9.17, 15) is 13.2 Å². The molecule has 0 radical (unpaired) electrons. The lowest BCUT2D eigenvalue weighted by molar-refractivity contribution is -0.125. The largest absolute Gasteiger partial charge is 0.491 e. The number of carbonyl (C=O) groups is 1. The molecule has 0 bridgehead atoms. The molecule has 3 aromatic rings. The highest BCUT2D eigenvalue weighted by Crippen LogP contribution is 2.32. The highest BCUT2D eigenvalue weighted by atomic mass is 32.2. The SMILES string of the molecule is COCCOc1ccccc1C(CNC(=O)[C@@H]1CNC[C@@H](NS(=O)(=O)c2ccc(C)cc2)C1)c1ccccc1. The second-order valence-corrected chi connectivity index (χ2v) is 11.5. The number of aryl methyl sites for hydroxylation is 1. The zero-order chi connectivity index (χ0) is 27.7. The van der Waals surface area contributed by atoms with Gasteiger partial charge in [-0.05, 0) is 37.1 Å². The van der Waals surface area contributed by atoms with Gasteiger partial charge in [0.05, 0.1) is 17.4 Å². The van der Waals surface area contributed by atoms with Gasteiger partial charge in [0.1, 0.15) is 12.4 Å². The fourth-order valence-electron chi connectivity index (χ4n) is 4.81. The molecular weight excluding hydrogens is 514 g/mol. The number of hydrogen-bond donors (Lipinski definition) is 3. The van der Waals surface area contributed by atoms with Gasteiger partial charge in [-0.3, -0.25) is 4.79 Å². The molecule has 9 heteroatoms. The minimum Gasteiger partial charge on any atom is -0.491 e. The molecule has 1 aliphatic rings. The molecule has 3 atom stereocenters. The van der Waals surface area contributed by atoms with Crippen molar-refractivity contribution in [1.29, 1.82) is 0 Å². The first-order chi connectivity index (χ1) is 18.9. The van der Waals surface area contributed by atoms with Crippen LogP contribution in [0.1, 0.15) is 29.0 Å². The van der Waals surface area contributed by atoms with Crippen LogP contribution in [-0.4, -0.2) is 60.3 Å². The molecular formula is C30H37N3O5S. The number of amides is 1. The number of methoxy groups -OCH3 is 1. The minimum absolute atomic E-state index is 0.111. The van der Waals surface area contributed by atoms with E-state index >= 15 is 0 Å². The monoisotopic (exact) mass is 551 g/mol. The first kappa shape index (κ1) is 28.8. The lowest BCUT2D eigenvalue weighted by atomic mass is 9.89. The highest BCUT2D eigenvalue weighted by molar-refractivity contribution is 7.89. The van der Waals surface area contributed by atoms with E-state index in [1.807, 2.05) is 61.5 Å². The summed E-state index contributed by atoms with van der Waals surface area (Å²) in [5.41, 5.74) is 3.03. The van der Waals surface area contributed by atoms with E-state index in [0.717, 1.165) is 22.4 Å². The predicted octanol–water partition coefficient (Wildman–Crippen LogP) is 3.22. The van der Waals surface area contributed by atoms with Crippen molar-refractivity contribution in [3.8, 4) is 5.75 Å². The van der Waals surface area contributed by atoms with E-state index in [4.69, 9.17) is 9.47 Å². The molecule has 1 saturated heterocycles. The molecule has 8 nitrogen and oxygen atoms in total. The summed E-state index contributed by atoms with van der Waals surface area (Å²) in [6, 6.07) is 24.2. The summed E-state index contributed by atoms with van der Waals surface area (Å²) in [5, 5.41) is 6.35. The summed E-state index contributed by atoms with van der Waals surface area (Å²) in [5.74, 6) is 0.151. The van der Waals surface area contributed by atoms with Crippen molar-refractivity contribution in [1.82, 2.24) is 15.4 Å². The first-order valence-corrected chi connectivity index (χ1v) is 14.7. The number of rotatable bonds is 12. The molecule has 208 valence electrons. The summed E-state index contributed by atoms with van der Waals surface area (Å²) in [6.07, 6.45) is 0.413. The molecule has 4 rings (SSSR count). The Labute approximate surface area is 231 Å². The fourth-order valence-corrected chi connectivity index (χ4v) is 6.06. The molecule has 1 heterocycles. The molecule has 0 spiro atoms. The van der Waals surface area contributed by atoms with Gasteiger partial charge < -0.3 is 20.1 Å². The Morgan fingerprint density at radius 3 is 2.44 bits per heavy atom. The molecule has 0 saturated carbocycles. The summed E-state index contributed by atoms with van der Waals surface area (Å²) >= 11 is 0. The number of sulfonamides is 1. The Morgan fingerprint density at radius 1 is 0.974 bits per heavy atom. The number of piperidine rings is 1. The van der Waals surface area contributed by atoms with Gasteiger partial charge in [-0.15, -0.1) is 0 Å². The quantitative estimate of drug-likeness (QED) is 0.299. The van der Waals surface area contributed by atoms with Gasteiger partial charge in [-0.25, -0.2) is 13.1 Å². The van der Waals surface area contributed by atoms with E-state index < -0.39 is 10.0 Å². The van der Waals surface area contributed by atoms with E-state index in [-0.39, 0.29) is 28.7 Å². The van der Waals surface area contributed by atoms with E-state index in [0.29, 0.717) is 39.3 Å². The molecule has 1 aliphatic heterocycles. The average molecular weight is 552 g/mol. The normalized spacial score (nSPS) is 18.3. The number of nitrogens with one attached hydrogen (secondary N) is 3. The number of para-hydroxylation sites is 1. The summed E-state index contributed by atoms with van der Waals surface area (Å²) in [4.78, 5) is 13.5. The molecule has 3 aromatic carbocycles. The van der Waals surface area contributed by atoms with Crippen molar-refractivity contribution in [3.63, 3.8) is 0 Å². The Bertz CT molecular complexity index is 1320. The highest BCUT2D eigenvalue weighted by Gasteiger charge is 2.31. The van der Waals surface area contributed by atoms with Crippen LogP contribution < -0.4 is 20.1 Å². The van der Waals surface area contributed by atoms with Gasteiger partial charge in [0.15, 0.2) is 0 Å². The zero-order valence-electron chi connectivity index (χ0n) is 22.4. The van der Waals surface area contributed by atoms with Crippen LogP contribution in [0.15, 0.2) is 83.8 Å². The van der Waals surface area contributed by atoms with Crippen molar-refractivity contribution < 1.29 is 22.7 Å². The van der Waals surface area contributed by atoms with Crippen LogP contribution in [0.2, 0.25) is 0 Å². The lowest BCUT2D eigenvalue weighted by Crippen LogP contribution is -2.52. The maximum absolute atomic E-state index is 13.3. The number of hydrogen-bond acceptors (Lipinski definition) is 6. The summed E-state index contributed by atoms with van der Waals surface area (Å²) in [6.45, 7) is 4.14. The second-order valence-electron chi connectivity index (χ2n) is 9.81. The summed E-state index contributed by atoms with van der Waals surface area (Å²) in [7, 11) is -2.05. The van der Waals surface area contributed by atoms with Gasteiger partial charge in [0, 0.05) is 44.3 Å². The molecule has 3 N–H and O–H groups in total. The smallest absolute Gasteiger partial charge is 0.240 e. The molecule has 39 heavy (non-hydrogen) atoms. The summed E-state index contributed by atoms with van der Waals surface area (Å²) < 4.78 is 39.7. The molecule has 1 amide bonds. The fraction of sp³-hybridized carbons (Fsp3) is 0.367. The van der Waals surface area contributed by atoms with E-state index in [1.165, 1.54) is 0 Å². The van der Waals surface area contributed by atoms with Crippen molar-refractivity contribution in [3.05, 3.63) is 95.6 Å². The van der Waals surface area contributed by atoms with Crippen LogP contribution >= 0.6 is 0 Å². The van der Waals surface area contributed by atoms with Crippen LogP contribution in [0.4, 0.5) is 0 Å². The third-order valence-corrected chi connectivity index (χ3v) is 8.43. The van der Waals surface area contributed by atoms with Gasteiger partial charge >= 0.3 is 0 Å². The topological polar surface area (TPSA) is 106 Å². The Hall–Kier alpha value is -3.24. The Morgan fingerprint density at radius 2 is 1.69 bits per heavy atom.